The van der Waals surface area contributed by atoms with E-state index in [1.54, 1.807) is 26.0 Å². The fourth-order valence-electron chi connectivity index (χ4n) is 2.91. The van der Waals surface area contributed by atoms with Crippen LogP contribution in [0.3, 0.4) is 0 Å². The number of benzene rings is 2. The Morgan fingerprint density at radius 1 is 1.10 bits per heavy atom. The second kappa shape index (κ2) is 10.3. The van der Waals surface area contributed by atoms with Gasteiger partial charge in [-0.15, -0.1) is 0 Å². The lowest BCUT2D eigenvalue weighted by molar-refractivity contribution is -0.153. The standard InChI is InChI=1S/C22H25F3O5/c1-14(2)30-20(21(26)27)13-15-4-9-19(28-3)16(12-15)10-11-29-18-7-5-17(6-8-18)22(23,24)25/h4-9,12,14,20H,10-11,13H2,1-3H3,(H,26,27). The van der Waals surface area contributed by atoms with Gasteiger partial charge in [0.1, 0.15) is 11.5 Å². The highest BCUT2D eigenvalue weighted by molar-refractivity contribution is 5.72. The molecule has 0 aliphatic rings. The molecule has 30 heavy (non-hydrogen) atoms. The Hall–Kier alpha value is -2.74. The molecule has 0 saturated heterocycles. The summed E-state index contributed by atoms with van der Waals surface area (Å²) in [5.74, 6) is -0.0903. The Morgan fingerprint density at radius 2 is 1.77 bits per heavy atom. The summed E-state index contributed by atoms with van der Waals surface area (Å²) >= 11 is 0. The highest BCUT2D eigenvalue weighted by Crippen LogP contribution is 2.30. The molecule has 0 heterocycles. The van der Waals surface area contributed by atoms with Crippen LogP contribution < -0.4 is 9.47 Å². The summed E-state index contributed by atoms with van der Waals surface area (Å²) in [7, 11) is 1.52. The molecule has 1 unspecified atom stereocenters. The van der Waals surface area contributed by atoms with Crippen LogP contribution in [0.4, 0.5) is 13.2 Å². The zero-order valence-corrected chi connectivity index (χ0v) is 17.0. The maximum absolute atomic E-state index is 12.6. The first-order valence-corrected chi connectivity index (χ1v) is 9.44. The summed E-state index contributed by atoms with van der Waals surface area (Å²) < 4.78 is 54.2. The number of carboxylic acids is 1. The van der Waals surface area contributed by atoms with Gasteiger partial charge in [0.25, 0.3) is 0 Å². The summed E-state index contributed by atoms with van der Waals surface area (Å²) in [4.78, 5) is 11.4. The molecule has 2 rings (SSSR count). The molecule has 1 atom stereocenters. The van der Waals surface area contributed by atoms with E-state index in [-0.39, 0.29) is 19.1 Å². The number of hydrogen-bond donors (Lipinski definition) is 1. The molecule has 0 aliphatic carbocycles. The lowest BCUT2D eigenvalue weighted by atomic mass is 10.0. The summed E-state index contributed by atoms with van der Waals surface area (Å²) in [6.07, 6.45) is -4.94. The number of carbonyl (C=O) groups is 1. The van der Waals surface area contributed by atoms with Crippen LogP contribution in [-0.2, 0) is 28.5 Å². The number of rotatable bonds is 10. The van der Waals surface area contributed by atoms with Gasteiger partial charge in [0.2, 0.25) is 0 Å². The van der Waals surface area contributed by atoms with Crippen molar-refractivity contribution in [1.29, 1.82) is 0 Å². The van der Waals surface area contributed by atoms with Crippen LogP contribution >= 0.6 is 0 Å². The monoisotopic (exact) mass is 426 g/mol. The normalized spacial score (nSPS) is 12.6. The fourth-order valence-corrected chi connectivity index (χ4v) is 2.91. The minimum atomic E-state index is -4.39. The van der Waals surface area contributed by atoms with E-state index < -0.39 is 23.8 Å². The molecule has 0 saturated carbocycles. The second-order valence-corrected chi connectivity index (χ2v) is 6.98. The highest BCUT2D eigenvalue weighted by atomic mass is 19.4. The molecule has 164 valence electrons. The zero-order valence-electron chi connectivity index (χ0n) is 17.0. The molecule has 0 amide bonds. The highest BCUT2D eigenvalue weighted by Gasteiger charge is 2.30. The average Bonchev–Trinajstić information content (AvgIpc) is 2.67. The van der Waals surface area contributed by atoms with Gasteiger partial charge < -0.3 is 19.3 Å². The minimum Gasteiger partial charge on any atom is -0.496 e. The number of carboxylic acid groups (broad SMARTS) is 1. The van der Waals surface area contributed by atoms with E-state index >= 15 is 0 Å². The van der Waals surface area contributed by atoms with Gasteiger partial charge in [-0.1, -0.05) is 12.1 Å². The number of ether oxygens (including phenoxy) is 3. The Labute approximate surface area is 173 Å². The summed E-state index contributed by atoms with van der Waals surface area (Å²) in [6.45, 7) is 3.76. The Balaban J connectivity index is 2.04. The van der Waals surface area contributed by atoms with E-state index in [1.807, 2.05) is 6.07 Å². The van der Waals surface area contributed by atoms with Gasteiger partial charge in [0.15, 0.2) is 6.10 Å². The van der Waals surface area contributed by atoms with Gasteiger partial charge in [-0.25, -0.2) is 4.79 Å². The third-order valence-corrected chi connectivity index (χ3v) is 4.30. The Morgan fingerprint density at radius 3 is 2.30 bits per heavy atom. The van der Waals surface area contributed by atoms with Crippen LogP contribution in [0.5, 0.6) is 11.5 Å². The minimum absolute atomic E-state index is 0.199. The predicted octanol–water partition coefficient (Wildman–Crippen LogP) is 4.76. The van der Waals surface area contributed by atoms with Crippen LogP contribution in [0.25, 0.3) is 0 Å². The van der Waals surface area contributed by atoms with Crippen molar-refractivity contribution in [2.75, 3.05) is 13.7 Å². The van der Waals surface area contributed by atoms with Crippen molar-refractivity contribution in [3.05, 3.63) is 59.2 Å². The van der Waals surface area contributed by atoms with Crippen LogP contribution in [0.1, 0.15) is 30.5 Å². The molecule has 5 nitrogen and oxygen atoms in total. The third-order valence-electron chi connectivity index (χ3n) is 4.30. The number of methoxy groups -OCH3 is 1. The van der Waals surface area contributed by atoms with Crippen molar-refractivity contribution >= 4 is 5.97 Å². The first-order chi connectivity index (χ1) is 14.1. The molecule has 0 fully saturated rings. The van der Waals surface area contributed by atoms with E-state index in [2.05, 4.69) is 0 Å². The third kappa shape index (κ3) is 6.95. The van der Waals surface area contributed by atoms with Crippen molar-refractivity contribution in [1.82, 2.24) is 0 Å². The van der Waals surface area contributed by atoms with E-state index in [0.29, 0.717) is 17.9 Å². The fraction of sp³-hybridized carbons (Fsp3) is 0.409. The lowest BCUT2D eigenvalue weighted by Crippen LogP contribution is -2.29. The van der Waals surface area contributed by atoms with Crippen molar-refractivity contribution in [3.63, 3.8) is 0 Å². The first-order valence-electron chi connectivity index (χ1n) is 9.44. The van der Waals surface area contributed by atoms with Gasteiger partial charge in [0.05, 0.1) is 25.4 Å². The molecule has 1 N–H and O–H groups in total. The van der Waals surface area contributed by atoms with Gasteiger partial charge in [-0.3, -0.25) is 0 Å². The maximum Gasteiger partial charge on any atom is 0.416 e. The van der Waals surface area contributed by atoms with E-state index in [0.717, 1.165) is 23.3 Å². The number of hydrogen-bond acceptors (Lipinski definition) is 4. The van der Waals surface area contributed by atoms with Crippen LogP contribution in [-0.4, -0.2) is 37.0 Å². The smallest absolute Gasteiger partial charge is 0.416 e. The van der Waals surface area contributed by atoms with Gasteiger partial charge >= 0.3 is 12.1 Å². The second-order valence-electron chi connectivity index (χ2n) is 6.98. The summed E-state index contributed by atoms with van der Waals surface area (Å²) in [6, 6.07) is 9.84. The van der Waals surface area contributed by atoms with Crippen molar-refractivity contribution in [2.24, 2.45) is 0 Å². The number of aliphatic carboxylic acids is 1. The van der Waals surface area contributed by atoms with E-state index in [1.165, 1.54) is 19.2 Å². The molecule has 2 aromatic carbocycles. The van der Waals surface area contributed by atoms with Crippen molar-refractivity contribution in [3.8, 4) is 11.5 Å². The molecule has 0 radical (unpaired) electrons. The van der Waals surface area contributed by atoms with Crippen molar-refractivity contribution in [2.45, 2.75) is 45.1 Å². The maximum atomic E-state index is 12.6. The van der Waals surface area contributed by atoms with Gasteiger partial charge in [0, 0.05) is 12.8 Å². The molecule has 8 heteroatoms. The molecule has 2 aromatic rings. The molecular weight excluding hydrogens is 401 g/mol. The molecule has 0 bridgehead atoms. The summed E-state index contributed by atoms with van der Waals surface area (Å²) in [5.41, 5.74) is 0.838. The largest absolute Gasteiger partial charge is 0.496 e. The first kappa shape index (κ1) is 23.5. The van der Waals surface area contributed by atoms with Crippen molar-refractivity contribution < 1.29 is 37.3 Å². The molecule has 0 aromatic heterocycles. The molecular formula is C22H25F3O5. The van der Waals surface area contributed by atoms with E-state index in [9.17, 15) is 23.1 Å². The SMILES string of the molecule is COc1ccc(CC(OC(C)C)C(=O)O)cc1CCOc1ccc(C(F)(F)F)cc1. The number of halogens is 3. The Bertz CT molecular complexity index is 832. The van der Waals surface area contributed by atoms with Gasteiger partial charge in [-0.05, 0) is 55.3 Å². The van der Waals surface area contributed by atoms with Crippen LogP contribution in [0.15, 0.2) is 42.5 Å². The average molecular weight is 426 g/mol. The van der Waals surface area contributed by atoms with Crippen LogP contribution in [0, 0.1) is 0 Å². The van der Waals surface area contributed by atoms with Crippen LogP contribution in [0.2, 0.25) is 0 Å². The number of alkyl halides is 3. The van der Waals surface area contributed by atoms with Gasteiger partial charge in [-0.2, -0.15) is 13.2 Å². The zero-order chi connectivity index (χ0) is 22.3. The predicted molar refractivity (Wildman–Crippen MR) is 105 cm³/mol. The Kier molecular flexibility index (Phi) is 8.11. The lowest BCUT2D eigenvalue weighted by Gasteiger charge is -2.18. The molecule has 0 spiro atoms. The van der Waals surface area contributed by atoms with E-state index in [4.69, 9.17) is 14.2 Å². The summed E-state index contributed by atoms with van der Waals surface area (Å²) in [5, 5.41) is 9.35. The quantitative estimate of drug-likeness (QED) is 0.594. The molecule has 0 aliphatic heterocycles. The topological polar surface area (TPSA) is 65.0 Å².